The molecule has 1 aromatic heterocycles. The van der Waals surface area contributed by atoms with Crippen molar-refractivity contribution in [3.63, 3.8) is 0 Å². The maximum atomic E-state index is 13.2. The Morgan fingerprint density at radius 3 is 2.27 bits per heavy atom. The highest BCUT2D eigenvalue weighted by molar-refractivity contribution is 5.84. The number of hydrogen-bond acceptors (Lipinski definition) is 6. The first-order valence-electron chi connectivity index (χ1n) is 8.97. The lowest BCUT2D eigenvalue weighted by molar-refractivity contribution is -0.134. The van der Waals surface area contributed by atoms with Crippen LogP contribution in [-0.4, -0.2) is 54.3 Å². The lowest BCUT2D eigenvalue weighted by Gasteiger charge is -2.36. The number of aromatic nitrogens is 2. The van der Waals surface area contributed by atoms with Gasteiger partial charge in [-0.15, -0.1) is 5.10 Å². The number of nitrogens with zero attached hydrogens (tertiary/aromatic N) is 4. The maximum Gasteiger partial charge on any atom is 0.318 e. The van der Waals surface area contributed by atoms with Crippen molar-refractivity contribution >= 4 is 11.9 Å². The minimum Gasteiger partial charge on any atom is -0.497 e. The van der Waals surface area contributed by atoms with Gasteiger partial charge < -0.3 is 19.0 Å². The van der Waals surface area contributed by atoms with Gasteiger partial charge in [0, 0.05) is 33.1 Å². The van der Waals surface area contributed by atoms with E-state index in [4.69, 9.17) is 9.15 Å². The average Bonchev–Trinajstić information content (AvgIpc) is 3.08. The zero-order valence-electron chi connectivity index (χ0n) is 15.8. The van der Waals surface area contributed by atoms with E-state index in [2.05, 4.69) is 24.0 Å². The van der Waals surface area contributed by atoms with Crippen LogP contribution >= 0.6 is 0 Å². The predicted octanol–water partition coefficient (Wildman–Crippen LogP) is 2.48. The van der Waals surface area contributed by atoms with Crippen molar-refractivity contribution in [3.8, 4) is 5.75 Å². The molecule has 7 nitrogen and oxygen atoms in total. The van der Waals surface area contributed by atoms with Gasteiger partial charge in [-0.1, -0.05) is 31.1 Å². The van der Waals surface area contributed by atoms with Crippen molar-refractivity contribution in [2.45, 2.75) is 26.7 Å². The number of anilines is 1. The van der Waals surface area contributed by atoms with Crippen LogP contribution < -0.4 is 9.64 Å². The molecule has 0 spiro atoms. The summed E-state index contributed by atoms with van der Waals surface area (Å²) in [5.74, 6) is 1.59. The highest BCUT2D eigenvalue weighted by Gasteiger charge is 2.31. The molecule has 1 aromatic carbocycles. The first-order chi connectivity index (χ1) is 12.5. The summed E-state index contributed by atoms with van der Waals surface area (Å²) < 4.78 is 10.7. The molecule has 1 amide bonds. The van der Waals surface area contributed by atoms with E-state index in [1.54, 1.807) is 14.0 Å². The highest BCUT2D eigenvalue weighted by atomic mass is 16.5. The van der Waals surface area contributed by atoms with Crippen LogP contribution in [0.2, 0.25) is 0 Å². The van der Waals surface area contributed by atoms with Crippen molar-refractivity contribution in [1.82, 2.24) is 15.1 Å². The first-order valence-corrected chi connectivity index (χ1v) is 8.97. The summed E-state index contributed by atoms with van der Waals surface area (Å²) in [7, 11) is 1.64. The van der Waals surface area contributed by atoms with E-state index in [-0.39, 0.29) is 17.7 Å². The van der Waals surface area contributed by atoms with E-state index >= 15 is 0 Å². The fourth-order valence-corrected chi connectivity index (χ4v) is 3.35. The summed E-state index contributed by atoms with van der Waals surface area (Å²) in [5, 5.41) is 7.93. The van der Waals surface area contributed by atoms with Crippen LogP contribution in [0.3, 0.4) is 0 Å². The van der Waals surface area contributed by atoms with E-state index in [0.717, 1.165) is 11.3 Å². The Bertz CT molecular complexity index is 733. The van der Waals surface area contributed by atoms with E-state index in [9.17, 15) is 4.79 Å². The molecule has 7 heteroatoms. The van der Waals surface area contributed by atoms with E-state index < -0.39 is 0 Å². The molecule has 1 atom stereocenters. The quantitative estimate of drug-likeness (QED) is 0.818. The summed E-state index contributed by atoms with van der Waals surface area (Å²) >= 11 is 0. The summed E-state index contributed by atoms with van der Waals surface area (Å²) in [6, 6.07) is 8.32. The molecule has 1 aliphatic rings. The monoisotopic (exact) mass is 358 g/mol. The first kappa shape index (κ1) is 18.2. The number of aryl methyl sites for hydroxylation is 1. The second-order valence-corrected chi connectivity index (χ2v) is 6.91. The van der Waals surface area contributed by atoms with Crippen molar-refractivity contribution < 1.29 is 13.9 Å². The van der Waals surface area contributed by atoms with Gasteiger partial charge in [0.1, 0.15) is 5.75 Å². The molecule has 2 aromatic rings. The third-order valence-corrected chi connectivity index (χ3v) is 4.78. The molecule has 0 N–H and O–H groups in total. The fourth-order valence-electron chi connectivity index (χ4n) is 3.35. The van der Waals surface area contributed by atoms with Crippen LogP contribution in [-0.2, 0) is 4.79 Å². The predicted molar refractivity (Wildman–Crippen MR) is 98.4 cm³/mol. The molecular formula is C19H26N4O3. The third kappa shape index (κ3) is 3.81. The average molecular weight is 358 g/mol. The number of methoxy groups -OCH3 is 1. The van der Waals surface area contributed by atoms with Crippen LogP contribution in [0.25, 0.3) is 0 Å². The molecule has 1 unspecified atom stereocenters. The summed E-state index contributed by atoms with van der Waals surface area (Å²) in [6.45, 7) is 8.65. The zero-order chi connectivity index (χ0) is 18.7. The standard InChI is InChI=1S/C19H26N4O3/c1-13(2)17(15-5-7-16(25-4)8-6-15)18(24)22-9-11-23(12-10-22)19-21-20-14(3)26-19/h5-8,13,17H,9-12H2,1-4H3. The lowest BCUT2D eigenvalue weighted by atomic mass is 9.87. The molecule has 0 aliphatic carbocycles. The Hall–Kier alpha value is -2.57. The third-order valence-electron chi connectivity index (χ3n) is 4.78. The number of benzene rings is 1. The number of carbonyl (C=O) groups excluding carboxylic acids is 1. The molecule has 3 rings (SSSR count). The molecule has 1 fully saturated rings. The van der Waals surface area contributed by atoms with Crippen molar-refractivity contribution in [2.24, 2.45) is 5.92 Å². The van der Waals surface area contributed by atoms with E-state index in [0.29, 0.717) is 38.1 Å². The highest BCUT2D eigenvalue weighted by Crippen LogP contribution is 2.29. The minimum absolute atomic E-state index is 0.155. The molecule has 140 valence electrons. The molecule has 0 radical (unpaired) electrons. The number of carbonyl (C=O) groups is 1. The molecule has 1 saturated heterocycles. The largest absolute Gasteiger partial charge is 0.497 e. The minimum atomic E-state index is -0.155. The van der Waals surface area contributed by atoms with Gasteiger partial charge in [0.05, 0.1) is 13.0 Å². The molecule has 0 saturated carbocycles. The van der Waals surface area contributed by atoms with Crippen LogP contribution in [0.15, 0.2) is 28.7 Å². The second kappa shape index (κ2) is 7.76. The van der Waals surface area contributed by atoms with Gasteiger partial charge in [-0.3, -0.25) is 4.79 Å². The van der Waals surface area contributed by atoms with Crippen molar-refractivity contribution in [2.75, 3.05) is 38.2 Å². The van der Waals surface area contributed by atoms with E-state index in [1.165, 1.54) is 0 Å². The zero-order valence-corrected chi connectivity index (χ0v) is 15.8. The van der Waals surface area contributed by atoms with Gasteiger partial charge in [0.15, 0.2) is 0 Å². The Kier molecular flexibility index (Phi) is 5.44. The molecule has 2 heterocycles. The van der Waals surface area contributed by atoms with Gasteiger partial charge in [-0.2, -0.15) is 0 Å². The number of amides is 1. The molecular weight excluding hydrogens is 332 g/mol. The molecule has 0 bridgehead atoms. The maximum absolute atomic E-state index is 13.2. The molecule has 1 aliphatic heterocycles. The smallest absolute Gasteiger partial charge is 0.318 e. The van der Waals surface area contributed by atoms with Crippen molar-refractivity contribution in [1.29, 1.82) is 0 Å². The van der Waals surface area contributed by atoms with Gasteiger partial charge in [-0.25, -0.2) is 0 Å². The lowest BCUT2D eigenvalue weighted by Crippen LogP contribution is -2.50. The summed E-state index contributed by atoms with van der Waals surface area (Å²) in [4.78, 5) is 17.1. The number of piperazine rings is 1. The summed E-state index contributed by atoms with van der Waals surface area (Å²) in [6.07, 6.45) is 0. The van der Waals surface area contributed by atoms with Crippen LogP contribution in [0.4, 0.5) is 6.01 Å². The van der Waals surface area contributed by atoms with Gasteiger partial charge in [0.2, 0.25) is 11.8 Å². The van der Waals surface area contributed by atoms with Crippen molar-refractivity contribution in [3.05, 3.63) is 35.7 Å². The van der Waals surface area contributed by atoms with Gasteiger partial charge >= 0.3 is 6.01 Å². The van der Waals surface area contributed by atoms with Crippen LogP contribution in [0, 0.1) is 12.8 Å². The van der Waals surface area contributed by atoms with Crippen LogP contribution in [0.5, 0.6) is 5.75 Å². The Morgan fingerprint density at radius 1 is 1.12 bits per heavy atom. The number of ether oxygens (including phenoxy) is 1. The Labute approximate surface area is 153 Å². The fraction of sp³-hybridized carbons (Fsp3) is 0.526. The van der Waals surface area contributed by atoms with Crippen LogP contribution in [0.1, 0.15) is 31.2 Å². The van der Waals surface area contributed by atoms with E-state index in [1.807, 2.05) is 34.1 Å². The Balaban J connectivity index is 1.68. The molecule has 26 heavy (non-hydrogen) atoms. The second-order valence-electron chi connectivity index (χ2n) is 6.91. The van der Waals surface area contributed by atoms with Gasteiger partial charge in [0.25, 0.3) is 0 Å². The Morgan fingerprint density at radius 2 is 1.77 bits per heavy atom. The SMILES string of the molecule is COc1ccc(C(C(=O)N2CCN(c3nnc(C)o3)CC2)C(C)C)cc1. The van der Waals surface area contributed by atoms with Gasteiger partial charge in [-0.05, 0) is 23.6 Å². The summed E-state index contributed by atoms with van der Waals surface area (Å²) in [5.41, 5.74) is 1.03. The normalized spacial score (nSPS) is 16.0. The number of hydrogen-bond donors (Lipinski definition) is 0. The topological polar surface area (TPSA) is 71.7 Å². The number of rotatable bonds is 5.